The maximum atomic E-state index is 12.9. The molecule has 4 heterocycles. The predicted molar refractivity (Wildman–Crippen MR) is 115 cm³/mol. The van der Waals surface area contributed by atoms with E-state index < -0.39 is 5.97 Å². The summed E-state index contributed by atoms with van der Waals surface area (Å²) in [5.41, 5.74) is 4.33. The maximum Gasteiger partial charge on any atom is 0.335 e. The summed E-state index contributed by atoms with van der Waals surface area (Å²) >= 11 is 0. The summed E-state index contributed by atoms with van der Waals surface area (Å²) in [5, 5.41) is 13.8. The second kappa shape index (κ2) is 6.80. The van der Waals surface area contributed by atoms with Crippen LogP contribution < -0.4 is 5.56 Å². The number of rotatable bonds is 3. The smallest absolute Gasteiger partial charge is 0.335 e. The second-order valence-electron chi connectivity index (χ2n) is 7.81. The highest BCUT2D eigenvalue weighted by Crippen LogP contribution is 2.30. The molecule has 156 valence electrons. The van der Waals surface area contributed by atoms with Crippen LogP contribution in [0, 0.1) is 20.8 Å². The summed E-state index contributed by atoms with van der Waals surface area (Å²) in [4.78, 5) is 28.9. The number of fused-ring (bicyclic) bond motifs is 2. The van der Waals surface area contributed by atoms with Gasteiger partial charge in [-0.05, 0) is 68.7 Å². The minimum absolute atomic E-state index is 0.110. The molecule has 0 fully saturated rings. The molecule has 0 bridgehead atoms. The Labute approximate surface area is 177 Å². The fourth-order valence-corrected chi connectivity index (χ4v) is 4.22. The van der Waals surface area contributed by atoms with Gasteiger partial charge >= 0.3 is 5.97 Å². The minimum Gasteiger partial charge on any atom is -0.478 e. The van der Waals surface area contributed by atoms with Crippen LogP contribution in [0.4, 0.5) is 0 Å². The number of hydrogen-bond acceptors (Lipinski definition) is 5. The highest BCUT2D eigenvalue weighted by atomic mass is 16.5. The van der Waals surface area contributed by atoms with Crippen molar-refractivity contribution in [2.45, 2.75) is 33.7 Å². The first-order valence-corrected chi connectivity index (χ1v) is 9.95. The summed E-state index contributed by atoms with van der Waals surface area (Å²) in [6.07, 6.45) is 2.72. The van der Waals surface area contributed by atoms with Gasteiger partial charge in [0, 0.05) is 24.0 Å². The molecule has 3 aromatic heterocycles. The molecule has 31 heavy (non-hydrogen) atoms. The molecular formula is C23H20N4O4. The topological polar surface area (TPSA) is 103 Å². The van der Waals surface area contributed by atoms with Crippen LogP contribution in [0.5, 0.6) is 0 Å². The van der Waals surface area contributed by atoms with Crippen LogP contribution in [0.25, 0.3) is 28.4 Å². The lowest BCUT2D eigenvalue weighted by molar-refractivity contribution is 0.0697. The van der Waals surface area contributed by atoms with Crippen molar-refractivity contribution in [1.29, 1.82) is 0 Å². The Hall–Kier alpha value is -3.94. The largest absolute Gasteiger partial charge is 0.478 e. The van der Waals surface area contributed by atoms with Crippen LogP contribution in [0.1, 0.15) is 45.3 Å². The summed E-state index contributed by atoms with van der Waals surface area (Å²) in [6, 6.07) is 8.38. The normalized spacial score (nSPS) is 14.5. The Morgan fingerprint density at radius 1 is 1.19 bits per heavy atom. The number of carbonyl (C=O) groups is 1. The van der Waals surface area contributed by atoms with E-state index in [0.29, 0.717) is 29.7 Å². The summed E-state index contributed by atoms with van der Waals surface area (Å²) < 4.78 is 8.91. The van der Waals surface area contributed by atoms with Crippen molar-refractivity contribution < 1.29 is 14.4 Å². The zero-order chi connectivity index (χ0) is 21.9. The first-order chi connectivity index (χ1) is 14.8. The Balaban J connectivity index is 1.64. The number of aryl methyl sites for hydroxylation is 2. The lowest BCUT2D eigenvalue weighted by Crippen LogP contribution is -2.21. The Bertz CT molecular complexity index is 1470. The third-order valence-electron chi connectivity index (χ3n) is 5.74. The molecule has 1 N–H and O–H groups in total. The van der Waals surface area contributed by atoms with E-state index in [4.69, 9.17) is 4.52 Å². The van der Waals surface area contributed by atoms with E-state index in [1.54, 1.807) is 4.57 Å². The molecule has 0 aliphatic carbocycles. The van der Waals surface area contributed by atoms with Gasteiger partial charge in [0.1, 0.15) is 11.6 Å². The molecule has 0 radical (unpaired) electrons. The van der Waals surface area contributed by atoms with E-state index in [1.807, 2.05) is 37.5 Å². The van der Waals surface area contributed by atoms with Crippen molar-refractivity contribution >= 4 is 28.5 Å². The van der Waals surface area contributed by atoms with Gasteiger partial charge in [-0.2, -0.15) is 0 Å². The highest BCUT2D eigenvalue weighted by Gasteiger charge is 2.22. The second-order valence-corrected chi connectivity index (χ2v) is 7.81. The van der Waals surface area contributed by atoms with Crippen LogP contribution in [-0.2, 0) is 6.54 Å². The molecule has 0 saturated heterocycles. The molecular weight excluding hydrogens is 396 g/mol. The van der Waals surface area contributed by atoms with E-state index in [9.17, 15) is 14.7 Å². The fraction of sp³-hybridized carbons (Fsp3) is 0.217. The molecule has 8 heteroatoms. The molecule has 0 atom stereocenters. The number of benzene rings is 1. The molecule has 0 unspecified atom stereocenters. The molecule has 1 aliphatic rings. The average molecular weight is 416 g/mol. The van der Waals surface area contributed by atoms with E-state index in [0.717, 1.165) is 34.1 Å². The van der Waals surface area contributed by atoms with Crippen LogP contribution in [0.15, 0.2) is 39.6 Å². The van der Waals surface area contributed by atoms with E-state index in [1.165, 1.54) is 18.2 Å². The molecule has 5 rings (SSSR count). The van der Waals surface area contributed by atoms with Gasteiger partial charge in [-0.3, -0.25) is 13.9 Å². The van der Waals surface area contributed by atoms with Crippen LogP contribution in [0.2, 0.25) is 0 Å². The molecule has 4 aromatic rings. The van der Waals surface area contributed by atoms with Gasteiger partial charge in [-0.25, -0.2) is 9.78 Å². The molecule has 1 aliphatic heterocycles. The lowest BCUT2D eigenvalue weighted by atomic mass is 10.1. The minimum atomic E-state index is -1.05. The van der Waals surface area contributed by atoms with Crippen LogP contribution in [0.3, 0.4) is 0 Å². The van der Waals surface area contributed by atoms with Crippen molar-refractivity contribution in [2.24, 2.45) is 0 Å². The van der Waals surface area contributed by atoms with Gasteiger partial charge in [-0.1, -0.05) is 5.16 Å². The van der Waals surface area contributed by atoms with Gasteiger partial charge in [0.25, 0.3) is 5.56 Å². The Morgan fingerprint density at radius 2 is 2.00 bits per heavy atom. The average Bonchev–Trinajstić information content (AvgIpc) is 3.40. The van der Waals surface area contributed by atoms with E-state index >= 15 is 0 Å². The van der Waals surface area contributed by atoms with E-state index in [2.05, 4.69) is 16.2 Å². The maximum absolute atomic E-state index is 12.9. The zero-order valence-corrected chi connectivity index (χ0v) is 17.3. The standard InChI is InChI=1S/C23H20N4O4/c1-12-8-17(14(3)27(12)20-9-13(2)31-25-20)10-15-6-7-26-21(15)24-19-11-16(23(29)30)4-5-18(19)22(26)28/h4-5,8-11H,6-7H2,1-3H3,(H,29,30)/b15-10-. The number of aromatic nitrogens is 4. The number of hydrogen-bond donors (Lipinski definition) is 1. The SMILES string of the molecule is Cc1cc(-n2c(C)cc(/C=C3/CCn4c3nc3cc(C(=O)O)ccc3c4=O)c2C)no1. The van der Waals surface area contributed by atoms with Crippen molar-refractivity contribution in [1.82, 2.24) is 19.3 Å². The van der Waals surface area contributed by atoms with Crippen molar-refractivity contribution in [3.63, 3.8) is 0 Å². The Kier molecular flexibility index (Phi) is 4.18. The summed E-state index contributed by atoms with van der Waals surface area (Å²) in [7, 11) is 0. The number of allylic oxidation sites excluding steroid dienone is 1. The van der Waals surface area contributed by atoms with Crippen molar-refractivity contribution in [2.75, 3.05) is 0 Å². The summed E-state index contributed by atoms with van der Waals surface area (Å²) in [5.74, 6) is 1.01. The van der Waals surface area contributed by atoms with Crippen molar-refractivity contribution in [3.8, 4) is 5.82 Å². The first-order valence-electron chi connectivity index (χ1n) is 9.95. The number of aromatic carboxylic acids is 1. The molecule has 0 amide bonds. The molecule has 1 aromatic carbocycles. The molecule has 0 saturated carbocycles. The summed E-state index contributed by atoms with van der Waals surface area (Å²) in [6.45, 7) is 6.42. The third kappa shape index (κ3) is 2.99. The lowest BCUT2D eigenvalue weighted by Gasteiger charge is -2.07. The third-order valence-corrected chi connectivity index (χ3v) is 5.74. The fourth-order valence-electron chi connectivity index (χ4n) is 4.22. The first kappa shape index (κ1) is 19.0. The van der Waals surface area contributed by atoms with Crippen molar-refractivity contribution in [3.05, 3.63) is 74.8 Å². The number of nitrogens with zero attached hydrogens (tertiary/aromatic N) is 4. The highest BCUT2D eigenvalue weighted by molar-refractivity contribution is 5.93. The monoisotopic (exact) mass is 416 g/mol. The molecule has 8 nitrogen and oxygen atoms in total. The molecule has 0 spiro atoms. The predicted octanol–water partition coefficient (Wildman–Crippen LogP) is 3.74. The van der Waals surface area contributed by atoms with Gasteiger partial charge in [0.05, 0.1) is 16.5 Å². The number of carboxylic acid groups (broad SMARTS) is 1. The quantitative estimate of drug-likeness (QED) is 0.546. The zero-order valence-electron chi connectivity index (χ0n) is 17.3. The Morgan fingerprint density at radius 3 is 2.71 bits per heavy atom. The number of carboxylic acids is 1. The van der Waals surface area contributed by atoms with Gasteiger partial charge in [-0.15, -0.1) is 0 Å². The van der Waals surface area contributed by atoms with E-state index in [-0.39, 0.29) is 11.1 Å². The van der Waals surface area contributed by atoms with Crippen LogP contribution in [-0.4, -0.2) is 30.4 Å². The van der Waals surface area contributed by atoms with Crippen LogP contribution >= 0.6 is 0 Å². The van der Waals surface area contributed by atoms with Gasteiger partial charge in [0.2, 0.25) is 0 Å². The van der Waals surface area contributed by atoms with Gasteiger partial charge < -0.3 is 9.63 Å². The van der Waals surface area contributed by atoms with Gasteiger partial charge in [0.15, 0.2) is 5.82 Å².